The molecule has 0 aliphatic heterocycles. The van der Waals surface area contributed by atoms with Gasteiger partial charge in [0.2, 0.25) is 0 Å². The normalized spacial score (nSPS) is 11.4. The minimum absolute atomic E-state index is 0.128. The molecule has 8 heteroatoms. The van der Waals surface area contributed by atoms with Crippen LogP contribution >= 0.6 is 34.2 Å². The number of rotatable bonds is 7. The van der Waals surface area contributed by atoms with Gasteiger partial charge in [-0.2, -0.15) is 0 Å². The van der Waals surface area contributed by atoms with Crippen LogP contribution in [0.25, 0.3) is 0 Å². The van der Waals surface area contributed by atoms with Crippen LogP contribution in [-0.4, -0.2) is 23.2 Å². The first kappa shape index (κ1) is 21.9. The van der Waals surface area contributed by atoms with Gasteiger partial charge in [-0.15, -0.1) is 0 Å². The Morgan fingerprint density at radius 1 is 1.30 bits per heavy atom. The van der Waals surface area contributed by atoms with Gasteiger partial charge in [0.05, 0.1) is 28.5 Å². The Labute approximate surface area is 176 Å². The maximum Gasteiger partial charge on any atom is 0.277 e. The van der Waals surface area contributed by atoms with E-state index in [0.717, 1.165) is 14.8 Å². The Hall–Kier alpha value is -1.42. The zero-order valence-electron chi connectivity index (χ0n) is 15.2. The first-order valence-corrected chi connectivity index (χ1v) is 9.69. The summed E-state index contributed by atoms with van der Waals surface area (Å²) in [5.41, 5.74) is 3.50. The Balaban J connectivity index is 2.20. The number of hydrogen-bond acceptors (Lipinski definition) is 4. The summed E-state index contributed by atoms with van der Waals surface area (Å²) < 4.78 is 15.0. The minimum Gasteiger partial charge on any atom is -0.390 e. The number of carbonyl (C=O) groups is 1. The lowest BCUT2D eigenvalue weighted by molar-refractivity contribution is -0.00569. The molecule has 0 bridgehead atoms. The molecule has 0 spiro atoms. The molecule has 0 saturated carbocycles. The molecule has 0 unspecified atom stereocenters. The van der Waals surface area contributed by atoms with Crippen LogP contribution < -0.4 is 10.8 Å². The standard InChI is InChI=1S/C19H21ClFIN2O3/c1-11-8-12(22)4-5-16(11)23-17-10-15(21)14(20)9-13(17)18(25)24-27-7-6-19(2,3)26/h4-5,8-10,23,26H,6-7H2,1-3H3,(H,24,25). The predicted octanol–water partition coefficient (Wildman–Crippen LogP) is 4.96. The van der Waals surface area contributed by atoms with E-state index < -0.39 is 17.3 Å². The van der Waals surface area contributed by atoms with Gasteiger partial charge < -0.3 is 10.4 Å². The van der Waals surface area contributed by atoms with Gasteiger partial charge in [0.1, 0.15) is 5.82 Å². The van der Waals surface area contributed by atoms with Crippen molar-refractivity contribution in [3.05, 3.63) is 55.9 Å². The zero-order chi connectivity index (χ0) is 20.2. The van der Waals surface area contributed by atoms with Crippen molar-refractivity contribution < 1.29 is 19.1 Å². The van der Waals surface area contributed by atoms with Crippen molar-refractivity contribution in [1.82, 2.24) is 5.48 Å². The van der Waals surface area contributed by atoms with E-state index in [-0.39, 0.29) is 22.9 Å². The van der Waals surface area contributed by atoms with Gasteiger partial charge in [0.25, 0.3) is 5.91 Å². The van der Waals surface area contributed by atoms with Gasteiger partial charge in [0.15, 0.2) is 0 Å². The second-order valence-electron chi connectivity index (χ2n) is 6.74. The van der Waals surface area contributed by atoms with E-state index in [1.807, 2.05) is 25.1 Å². The van der Waals surface area contributed by atoms with Crippen LogP contribution in [0, 0.1) is 16.3 Å². The highest BCUT2D eigenvalue weighted by Crippen LogP contribution is 2.29. The molecule has 0 heterocycles. The lowest BCUT2D eigenvalue weighted by atomic mass is 10.1. The molecule has 3 N–H and O–H groups in total. The summed E-state index contributed by atoms with van der Waals surface area (Å²) in [6, 6.07) is 8.14. The van der Waals surface area contributed by atoms with Crippen LogP contribution in [-0.2, 0) is 4.84 Å². The van der Waals surface area contributed by atoms with E-state index >= 15 is 0 Å². The molecule has 2 aromatic carbocycles. The number of amides is 1. The SMILES string of the molecule is Cc1cc(I)ccc1Nc1cc(F)c(Cl)cc1C(=O)NOCCC(C)(C)O. The van der Waals surface area contributed by atoms with E-state index in [4.69, 9.17) is 16.4 Å². The lowest BCUT2D eigenvalue weighted by Crippen LogP contribution is -2.28. The third kappa shape index (κ3) is 6.60. The highest BCUT2D eigenvalue weighted by molar-refractivity contribution is 14.1. The molecule has 0 fully saturated rings. The number of benzene rings is 2. The number of aliphatic hydroxyl groups is 1. The average Bonchev–Trinajstić information content (AvgIpc) is 2.56. The topological polar surface area (TPSA) is 70.6 Å². The Bertz CT molecular complexity index is 840. The van der Waals surface area contributed by atoms with E-state index in [1.54, 1.807) is 13.8 Å². The second kappa shape index (κ2) is 9.18. The number of aryl methyl sites for hydroxylation is 1. The molecular weight excluding hydrogens is 486 g/mol. The third-order valence-corrected chi connectivity index (χ3v) is 4.70. The second-order valence-corrected chi connectivity index (χ2v) is 8.39. The minimum atomic E-state index is -0.904. The molecule has 2 rings (SSSR count). The smallest absolute Gasteiger partial charge is 0.277 e. The summed E-state index contributed by atoms with van der Waals surface area (Å²) in [7, 11) is 0. The molecule has 0 radical (unpaired) electrons. The van der Waals surface area contributed by atoms with Gasteiger partial charge in [-0.3, -0.25) is 9.63 Å². The lowest BCUT2D eigenvalue weighted by Gasteiger charge is -2.17. The number of nitrogens with one attached hydrogen (secondary N) is 2. The van der Waals surface area contributed by atoms with E-state index in [1.165, 1.54) is 12.1 Å². The summed E-state index contributed by atoms with van der Waals surface area (Å²) in [5, 5.41) is 12.6. The van der Waals surface area contributed by atoms with Gasteiger partial charge in [-0.05, 0) is 79.3 Å². The fraction of sp³-hybridized carbons (Fsp3) is 0.316. The first-order valence-electron chi connectivity index (χ1n) is 8.23. The highest BCUT2D eigenvalue weighted by Gasteiger charge is 2.17. The number of halogens is 3. The van der Waals surface area contributed by atoms with Crippen LogP contribution in [0.3, 0.4) is 0 Å². The molecule has 0 saturated heterocycles. The summed E-state index contributed by atoms with van der Waals surface area (Å²) in [5.74, 6) is -1.21. The Kier molecular flexibility index (Phi) is 7.44. The quantitative estimate of drug-likeness (QED) is 0.282. The van der Waals surface area contributed by atoms with Crippen molar-refractivity contribution in [2.24, 2.45) is 0 Å². The molecule has 2 aromatic rings. The molecule has 0 aromatic heterocycles. The van der Waals surface area contributed by atoms with Crippen LogP contribution in [0.15, 0.2) is 30.3 Å². The fourth-order valence-electron chi connectivity index (χ4n) is 2.22. The molecule has 1 amide bonds. The van der Waals surface area contributed by atoms with Crippen molar-refractivity contribution in [2.45, 2.75) is 32.8 Å². The summed E-state index contributed by atoms with van der Waals surface area (Å²) in [6.07, 6.45) is 0.338. The molecule has 0 aliphatic rings. The largest absolute Gasteiger partial charge is 0.390 e. The number of carbonyl (C=O) groups excluding carboxylic acids is 1. The van der Waals surface area contributed by atoms with Gasteiger partial charge in [-0.25, -0.2) is 9.87 Å². The summed E-state index contributed by atoms with van der Waals surface area (Å²) >= 11 is 8.05. The van der Waals surface area contributed by atoms with Crippen LogP contribution in [0.2, 0.25) is 5.02 Å². The molecule has 0 aliphatic carbocycles. The molecule has 0 atom stereocenters. The molecule has 27 heavy (non-hydrogen) atoms. The number of hydrogen-bond donors (Lipinski definition) is 3. The highest BCUT2D eigenvalue weighted by atomic mass is 127. The average molecular weight is 507 g/mol. The van der Waals surface area contributed by atoms with Crippen molar-refractivity contribution >= 4 is 51.5 Å². The van der Waals surface area contributed by atoms with Gasteiger partial charge in [-0.1, -0.05) is 11.6 Å². The van der Waals surface area contributed by atoms with Crippen LogP contribution in [0.5, 0.6) is 0 Å². The van der Waals surface area contributed by atoms with Gasteiger partial charge in [0, 0.05) is 15.7 Å². The summed E-state index contributed by atoms with van der Waals surface area (Å²) in [4.78, 5) is 17.6. The maximum absolute atomic E-state index is 14.0. The molecular formula is C19H21ClFIN2O3. The van der Waals surface area contributed by atoms with E-state index in [9.17, 15) is 14.3 Å². The van der Waals surface area contributed by atoms with E-state index in [2.05, 4.69) is 33.4 Å². The predicted molar refractivity (Wildman–Crippen MR) is 113 cm³/mol. The monoisotopic (exact) mass is 506 g/mol. The maximum atomic E-state index is 14.0. The van der Waals surface area contributed by atoms with Crippen molar-refractivity contribution in [1.29, 1.82) is 0 Å². The third-order valence-electron chi connectivity index (χ3n) is 3.74. The van der Waals surface area contributed by atoms with Crippen molar-refractivity contribution in [3.8, 4) is 0 Å². The molecule has 146 valence electrons. The first-order chi connectivity index (χ1) is 12.6. The van der Waals surface area contributed by atoms with Crippen molar-refractivity contribution in [2.75, 3.05) is 11.9 Å². The molecule has 5 nitrogen and oxygen atoms in total. The van der Waals surface area contributed by atoms with Crippen LogP contribution in [0.4, 0.5) is 15.8 Å². The number of anilines is 2. The van der Waals surface area contributed by atoms with Crippen LogP contribution in [0.1, 0.15) is 36.2 Å². The Morgan fingerprint density at radius 2 is 2.00 bits per heavy atom. The number of hydroxylamine groups is 1. The summed E-state index contributed by atoms with van der Waals surface area (Å²) in [6.45, 7) is 5.33. The van der Waals surface area contributed by atoms with Gasteiger partial charge >= 0.3 is 0 Å². The van der Waals surface area contributed by atoms with Crippen molar-refractivity contribution in [3.63, 3.8) is 0 Å². The fourth-order valence-corrected chi connectivity index (χ4v) is 3.03. The van der Waals surface area contributed by atoms with E-state index in [0.29, 0.717) is 6.42 Å². The Morgan fingerprint density at radius 3 is 2.63 bits per heavy atom. The zero-order valence-corrected chi connectivity index (χ0v) is 18.1.